The van der Waals surface area contributed by atoms with Crippen LogP contribution >= 0.6 is 0 Å². The highest BCUT2D eigenvalue weighted by Crippen LogP contribution is 2.45. The number of aryl methyl sites for hydroxylation is 1. The Morgan fingerprint density at radius 2 is 1.66 bits per heavy atom. The zero-order valence-electron chi connectivity index (χ0n) is 21.1. The number of alkyl halides is 5. The Bertz CT molecular complexity index is 741. The third-order valence-corrected chi connectivity index (χ3v) is 6.55. The first-order valence-corrected chi connectivity index (χ1v) is 12.1. The fourth-order valence-corrected chi connectivity index (χ4v) is 4.06. The second-order valence-corrected chi connectivity index (χ2v) is 9.54. The van der Waals surface area contributed by atoms with Crippen LogP contribution in [-0.2, 0) is 9.53 Å². The number of hydrogen-bond acceptors (Lipinski definition) is 4. The molecule has 35 heavy (non-hydrogen) atoms. The maximum absolute atomic E-state index is 12.1. The minimum atomic E-state index is -4.31. The average Bonchev–Trinajstić information content (AvgIpc) is 2.76. The van der Waals surface area contributed by atoms with Crippen molar-refractivity contribution in [1.29, 1.82) is 0 Å². The van der Waals surface area contributed by atoms with E-state index in [1.54, 1.807) is 19.1 Å². The molecule has 2 rings (SSSR count). The Balaban J connectivity index is 0.000000379. The lowest BCUT2D eigenvalue weighted by Crippen LogP contribution is -2.45. The maximum Gasteiger partial charge on any atom is 0.425 e. The summed E-state index contributed by atoms with van der Waals surface area (Å²) in [5.74, 6) is 0.426. The quantitative estimate of drug-likeness (QED) is 0.256. The van der Waals surface area contributed by atoms with Gasteiger partial charge in [0.15, 0.2) is 6.10 Å². The van der Waals surface area contributed by atoms with Crippen LogP contribution in [0.5, 0.6) is 5.75 Å². The molecule has 0 radical (unpaired) electrons. The molecule has 1 aliphatic carbocycles. The van der Waals surface area contributed by atoms with Crippen molar-refractivity contribution in [2.45, 2.75) is 103 Å². The van der Waals surface area contributed by atoms with E-state index < -0.39 is 30.9 Å². The van der Waals surface area contributed by atoms with Crippen molar-refractivity contribution in [3.63, 3.8) is 0 Å². The van der Waals surface area contributed by atoms with E-state index in [1.165, 1.54) is 12.1 Å². The van der Waals surface area contributed by atoms with E-state index in [1.807, 2.05) is 6.92 Å². The Morgan fingerprint density at radius 1 is 1.09 bits per heavy atom. The molecule has 0 spiro atoms. The molecule has 0 amide bonds. The normalized spacial score (nSPS) is 23.4. The van der Waals surface area contributed by atoms with Gasteiger partial charge in [0.25, 0.3) is 6.43 Å². The van der Waals surface area contributed by atoms with Crippen molar-refractivity contribution in [3.8, 4) is 5.75 Å². The number of unbranched alkanes of at least 4 members (excludes halogenated alkanes) is 2. The Labute approximate surface area is 205 Å². The molecule has 202 valence electrons. The SMILES string of the molecule is CCCCCC1(C(C)=O)CCC(O)(COCC(F)F)CC1.Cc1ccc(OC(C)C(F)(F)F)cc1. The van der Waals surface area contributed by atoms with Crippen LogP contribution in [0.1, 0.15) is 77.7 Å². The number of rotatable bonds is 11. The second kappa shape index (κ2) is 14.1. The van der Waals surface area contributed by atoms with Crippen LogP contribution in [-0.4, -0.2) is 48.4 Å². The number of carbonyl (C=O) groups excluding carboxylic acids is 1. The van der Waals surface area contributed by atoms with Crippen LogP contribution in [0, 0.1) is 12.3 Å². The number of ketones is 1. The standard InChI is InChI=1S/C16H28F2O3.C10H11F3O/c1-3-4-5-6-15(13(2)19)7-9-16(20,10-8-15)12-21-11-14(17)18;1-7-3-5-9(6-4-7)14-8(2)10(11,12)13/h14,20H,3-12H2,1-2H3;3-6,8H,1-2H3. The van der Waals surface area contributed by atoms with Crippen LogP contribution in [0.25, 0.3) is 0 Å². The predicted molar refractivity (Wildman–Crippen MR) is 125 cm³/mol. The minimum absolute atomic E-state index is 0.0692. The van der Waals surface area contributed by atoms with Gasteiger partial charge in [-0.2, -0.15) is 13.2 Å². The molecule has 0 heterocycles. The Hall–Kier alpha value is -1.74. The first kappa shape index (κ1) is 31.3. The summed E-state index contributed by atoms with van der Waals surface area (Å²) in [5.41, 5.74) is -0.403. The molecule has 1 aliphatic rings. The van der Waals surface area contributed by atoms with Gasteiger partial charge >= 0.3 is 6.18 Å². The van der Waals surface area contributed by atoms with Gasteiger partial charge in [-0.15, -0.1) is 0 Å². The second-order valence-electron chi connectivity index (χ2n) is 9.54. The monoisotopic (exact) mass is 510 g/mol. The lowest BCUT2D eigenvalue weighted by atomic mass is 9.64. The fraction of sp³-hybridized carbons (Fsp3) is 0.731. The largest absolute Gasteiger partial charge is 0.481 e. The summed E-state index contributed by atoms with van der Waals surface area (Å²) in [4.78, 5) is 12.0. The van der Waals surface area contributed by atoms with Crippen LogP contribution in [0.3, 0.4) is 0 Å². The van der Waals surface area contributed by atoms with Crippen molar-refractivity contribution in [2.24, 2.45) is 5.41 Å². The summed E-state index contributed by atoms with van der Waals surface area (Å²) in [7, 11) is 0. The molecule has 0 bridgehead atoms. The molecule has 1 N–H and O–H groups in total. The molecule has 1 unspecified atom stereocenters. The van der Waals surface area contributed by atoms with E-state index in [9.17, 15) is 31.9 Å². The number of benzene rings is 1. The lowest BCUT2D eigenvalue weighted by molar-refractivity contribution is -0.189. The number of carbonyl (C=O) groups is 1. The van der Waals surface area contributed by atoms with E-state index in [-0.39, 0.29) is 23.6 Å². The molecule has 1 fully saturated rings. The molecule has 1 saturated carbocycles. The Morgan fingerprint density at radius 3 is 2.11 bits per heavy atom. The highest BCUT2D eigenvalue weighted by Gasteiger charge is 2.44. The smallest absolute Gasteiger partial charge is 0.425 e. The van der Waals surface area contributed by atoms with Gasteiger partial charge in [0.05, 0.1) is 12.2 Å². The minimum Gasteiger partial charge on any atom is -0.481 e. The third kappa shape index (κ3) is 11.2. The van der Waals surface area contributed by atoms with Gasteiger partial charge in [-0.25, -0.2) is 8.78 Å². The van der Waals surface area contributed by atoms with Gasteiger partial charge in [-0.1, -0.05) is 43.9 Å². The summed E-state index contributed by atoms with van der Waals surface area (Å²) in [6.45, 7) is 5.89. The highest BCUT2D eigenvalue weighted by molar-refractivity contribution is 5.82. The van der Waals surface area contributed by atoms with E-state index in [4.69, 9.17) is 9.47 Å². The molecule has 1 aromatic rings. The number of hydrogen-bond donors (Lipinski definition) is 1. The molecular weight excluding hydrogens is 471 g/mol. The maximum atomic E-state index is 12.1. The first-order valence-electron chi connectivity index (χ1n) is 12.1. The molecule has 1 atom stereocenters. The van der Waals surface area contributed by atoms with Crippen molar-refractivity contribution in [2.75, 3.05) is 13.2 Å². The van der Waals surface area contributed by atoms with Crippen LogP contribution < -0.4 is 4.74 Å². The summed E-state index contributed by atoms with van der Waals surface area (Å²) in [6, 6.07) is 6.46. The highest BCUT2D eigenvalue weighted by atomic mass is 19.4. The Kier molecular flexibility index (Phi) is 12.6. The molecule has 4 nitrogen and oxygen atoms in total. The zero-order valence-corrected chi connectivity index (χ0v) is 21.1. The molecule has 9 heteroatoms. The molecule has 0 aromatic heterocycles. The van der Waals surface area contributed by atoms with Gasteiger partial charge in [0.1, 0.15) is 18.1 Å². The fourth-order valence-electron chi connectivity index (χ4n) is 4.06. The molecular formula is C26H39F5O4. The van der Waals surface area contributed by atoms with E-state index in [0.29, 0.717) is 25.7 Å². The summed E-state index contributed by atoms with van der Waals surface area (Å²) in [6.07, 6.45) is -2.35. The molecule has 1 aromatic carbocycles. The predicted octanol–water partition coefficient (Wildman–Crippen LogP) is 7.05. The van der Waals surface area contributed by atoms with Gasteiger partial charge in [0, 0.05) is 5.41 Å². The van der Waals surface area contributed by atoms with E-state index >= 15 is 0 Å². The summed E-state index contributed by atoms with van der Waals surface area (Å²) >= 11 is 0. The van der Waals surface area contributed by atoms with Crippen molar-refractivity contribution in [1.82, 2.24) is 0 Å². The van der Waals surface area contributed by atoms with Crippen LogP contribution in [0.2, 0.25) is 0 Å². The molecule has 0 saturated heterocycles. The summed E-state index contributed by atoms with van der Waals surface area (Å²) in [5, 5.41) is 10.4. The van der Waals surface area contributed by atoms with E-state index in [0.717, 1.165) is 38.2 Å². The number of ether oxygens (including phenoxy) is 2. The van der Waals surface area contributed by atoms with Crippen LogP contribution in [0.4, 0.5) is 22.0 Å². The molecule has 0 aliphatic heterocycles. The van der Waals surface area contributed by atoms with Crippen molar-refractivity contribution in [3.05, 3.63) is 29.8 Å². The van der Waals surface area contributed by atoms with Gasteiger partial charge in [-0.05, 0) is 65.0 Å². The zero-order chi connectivity index (χ0) is 26.7. The van der Waals surface area contributed by atoms with Crippen molar-refractivity contribution < 1.29 is 41.3 Å². The van der Waals surface area contributed by atoms with Gasteiger partial charge < -0.3 is 14.6 Å². The average molecular weight is 511 g/mol. The third-order valence-electron chi connectivity index (χ3n) is 6.55. The number of halogens is 5. The van der Waals surface area contributed by atoms with Crippen LogP contribution in [0.15, 0.2) is 24.3 Å². The lowest BCUT2D eigenvalue weighted by Gasteiger charge is -2.42. The first-order chi connectivity index (χ1) is 16.2. The van der Waals surface area contributed by atoms with Crippen molar-refractivity contribution >= 4 is 5.78 Å². The van der Waals surface area contributed by atoms with Gasteiger partial charge in [-0.3, -0.25) is 4.79 Å². The number of aliphatic hydroxyl groups is 1. The number of Topliss-reactive ketones (excluding diaryl/α,β-unsaturated/α-hetero) is 1. The van der Waals surface area contributed by atoms with Gasteiger partial charge in [0.2, 0.25) is 0 Å². The van der Waals surface area contributed by atoms with E-state index in [2.05, 4.69) is 6.92 Å². The summed E-state index contributed by atoms with van der Waals surface area (Å²) < 4.78 is 70.0. The topological polar surface area (TPSA) is 55.8 Å².